The van der Waals surface area contributed by atoms with Gasteiger partial charge in [-0.25, -0.2) is 4.79 Å². The Kier molecular flexibility index (Phi) is 8.52. The third-order valence-corrected chi connectivity index (χ3v) is 2.25. The summed E-state index contributed by atoms with van der Waals surface area (Å²) < 4.78 is 4.91. The third-order valence-electron chi connectivity index (χ3n) is 2.25. The first kappa shape index (κ1) is 14.9. The van der Waals surface area contributed by atoms with E-state index < -0.39 is 17.9 Å². The molecule has 0 spiro atoms. The van der Waals surface area contributed by atoms with Crippen molar-refractivity contribution in [2.24, 2.45) is 5.92 Å². The van der Waals surface area contributed by atoms with Crippen molar-refractivity contribution < 1.29 is 24.5 Å². The minimum Gasteiger partial charge on any atom is -0.465 e. The average Bonchev–Trinajstić information content (AvgIpc) is 2.29. The normalized spacial score (nSPS) is 11.9. The molecule has 0 aromatic heterocycles. The lowest BCUT2D eigenvalue weighted by atomic mass is 10.0. The van der Waals surface area contributed by atoms with Crippen LogP contribution in [0.25, 0.3) is 0 Å². The molecule has 1 unspecified atom stereocenters. The van der Waals surface area contributed by atoms with Crippen LogP contribution in [0.1, 0.15) is 46.0 Å². The summed E-state index contributed by atoms with van der Waals surface area (Å²) in [5.74, 6) is -2.54. The van der Waals surface area contributed by atoms with Gasteiger partial charge in [0.25, 0.3) is 0 Å². The summed E-state index contributed by atoms with van der Waals surface area (Å²) in [6, 6.07) is 0. The van der Waals surface area contributed by atoms with Crippen LogP contribution in [0.5, 0.6) is 0 Å². The van der Waals surface area contributed by atoms with Gasteiger partial charge >= 0.3 is 11.9 Å². The van der Waals surface area contributed by atoms with E-state index in [1.54, 1.807) is 0 Å². The molecule has 0 heterocycles. The van der Waals surface area contributed by atoms with E-state index >= 15 is 0 Å². The molecule has 0 aromatic carbocycles. The van der Waals surface area contributed by atoms with Crippen LogP contribution in [0.2, 0.25) is 0 Å². The number of esters is 1. The lowest BCUT2D eigenvalue weighted by Crippen LogP contribution is -2.27. The van der Waals surface area contributed by atoms with Crippen LogP contribution in [0, 0.1) is 5.92 Å². The summed E-state index contributed by atoms with van der Waals surface area (Å²) in [5, 5.41) is 8.27. The zero-order valence-corrected chi connectivity index (χ0v) is 9.90. The standard InChI is InChI=1S/C11H20O5/c1-3-5-7-9(11(13)16-14)10(12)15-8-6-4-2/h9,14H,3-8H2,1-2H3. The monoisotopic (exact) mass is 232 g/mol. The smallest absolute Gasteiger partial charge is 0.356 e. The Labute approximate surface area is 95.7 Å². The second-order valence-electron chi connectivity index (χ2n) is 3.63. The fourth-order valence-corrected chi connectivity index (χ4v) is 1.22. The molecule has 0 amide bonds. The van der Waals surface area contributed by atoms with Crippen LogP contribution < -0.4 is 0 Å². The Morgan fingerprint density at radius 3 is 2.25 bits per heavy atom. The van der Waals surface area contributed by atoms with Crippen molar-refractivity contribution in [2.75, 3.05) is 6.61 Å². The molecule has 5 nitrogen and oxygen atoms in total. The predicted molar refractivity (Wildman–Crippen MR) is 57.6 cm³/mol. The fraction of sp³-hybridized carbons (Fsp3) is 0.818. The molecule has 0 aliphatic rings. The van der Waals surface area contributed by atoms with E-state index in [1.165, 1.54) is 0 Å². The Bertz CT molecular complexity index is 214. The third kappa shape index (κ3) is 5.70. The van der Waals surface area contributed by atoms with Gasteiger partial charge in [-0.1, -0.05) is 33.1 Å². The first-order chi connectivity index (χ1) is 7.67. The maximum atomic E-state index is 11.5. The van der Waals surface area contributed by atoms with Crippen molar-refractivity contribution >= 4 is 11.9 Å². The fourth-order valence-electron chi connectivity index (χ4n) is 1.22. The van der Waals surface area contributed by atoms with Gasteiger partial charge in [-0.2, -0.15) is 5.26 Å². The first-order valence-electron chi connectivity index (χ1n) is 5.69. The summed E-state index contributed by atoms with van der Waals surface area (Å²) >= 11 is 0. The second-order valence-corrected chi connectivity index (χ2v) is 3.63. The number of hydrogen-bond donors (Lipinski definition) is 1. The van der Waals surface area contributed by atoms with Crippen molar-refractivity contribution in [1.82, 2.24) is 0 Å². The zero-order chi connectivity index (χ0) is 12.4. The molecule has 0 saturated heterocycles. The van der Waals surface area contributed by atoms with Gasteiger partial charge in [-0.3, -0.25) is 4.79 Å². The Morgan fingerprint density at radius 1 is 1.12 bits per heavy atom. The van der Waals surface area contributed by atoms with Crippen LogP contribution in [0.4, 0.5) is 0 Å². The summed E-state index contributed by atoms with van der Waals surface area (Å²) in [4.78, 5) is 26.2. The highest BCUT2D eigenvalue weighted by molar-refractivity contribution is 5.94. The van der Waals surface area contributed by atoms with Crippen molar-refractivity contribution in [1.29, 1.82) is 0 Å². The van der Waals surface area contributed by atoms with E-state index in [-0.39, 0.29) is 0 Å². The molecule has 16 heavy (non-hydrogen) atoms. The number of rotatable bonds is 8. The average molecular weight is 232 g/mol. The molecule has 0 aromatic rings. The van der Waals surface area contributed by atoms with Crippen molar-refractivity contribution in [2.45, 2.75) is 46.0 Å². The van der Waals surface area contributed by atoms with Gasteiger partial charge in [-0.15, -0.1) is 0 Å². The van der Waals surface area contributed by atoms with Gasteiger partial charge < -0.3 is 9.62 Å². The summed E-state index contributed by atoms with van der Waals surface area (Å²) in [6.45, 7) is 4.23. The first-order valence-corrected chi connectivity index (χ1v) is 5.69. The van der Waals surface area contributed by atoms with Crippen molar-refractivity contribution in [3.63, 3.8) is 0 Å². The molecule has 0 rings (SSSR count). The summed E-state index contributed by atoms with van der Waals surface area (Å²) in [6.07, 6.45) is 3.60. The van der Waals surface area contributed by atoms with Crippen molar-refractivity contribution in [3.05, 3.63) is 0 Å². The molecular weight excluding hydrogens is 212 g/mol. The zero-order valence-electron chi connectivity index (χ0n) is 9.90. The number of ether oxygens (including phenoxy) is 1. The largest absolute Gasteiger partial charge is 0.465 e. The van der Waals surface area contributed by atoms with Crippen LogP contribution in [0.15, 0.2) is 0 Å². The van der Waals surface area contributed by atoms with Gasteiger partial charge in [0.2, 0.25) is 0 Å². The highest BCUT2D eigenvalue weighted by atomic mass is 17.1. The van der Waals surface area contributed by atoms with E-state index in [0.29, 0.717) is 19.4 Å². The van der Waals surface area contributed by atoms with Gasteiger partial charge in [0, 0.05) is 0 Å². The maximum absolute atomic E-state index is 11.5. The molecule has 1 N–H and O–H groups in total. The maximum Gasteiger partial charge on any atom is 0.356 e. The van der Waals surface area contributed by atoms with Gasteiger partial charge in [0.15, 0.2) is 5.92 Å². The molecular formula is C11H20O5. The summed E-state index contributed by atoms with van der Waals surface area (Å²) in [7, 11) is 0. The molecule has 0 bridgehead atoms. The van der Waals surface area contributed by atoms with E-state index in [2.05, 4.69) is 4.89 Å². The number of hydrogen-bond acceptors (Lipinski definition) is 5. The molecule has 5 heteroatoms. The molecule has 1 atom stereocenters. The van der Waals surface area contributed by atoms with Crippen LogP contribution in [0.3, 0.4) is 0 Å². The Morgan fingerprint density at radius 2 is 1.75 bits per heavy atom. The Hall–Kier alpha value is -1.10. The highest BCUT2D eigenvalue weighted by Crippen LogP contribution is 2.12. The molecule has 0 aliphatic carbocycles. The SMILES string of the molecule is CCCCOC(=O)C(CCCC)C(=O)OO. The quantitative estimate of drug-likeness (QED) is 0.228. The minimum atomic E-state index is -0.998. The predicted octanol–water partition coefficient (Wildman–Crippen LogP) is 2.15. The molecule has 0 fully saturated rings. The molecule has 94 valence electrons. The van der Waals surface area contributed by atoms with Crippen LogP contribution >= 0.6 is 0 Å². The molecule has 0 saturated carbocycles. The van der Waals surface area contributed by atoms with Crippen LogP contribution in [-0.2, 0) is 19.2 Å². The number of carbonyl (C=O) groups excluding carboxylic acids is 2. The molecule has 0 aliphatic heterocycles. The van der Waals surface area contributed by atoms with E-state index in [0.717, 1.165) is 19.3 Å². The van der Waals surface area contributed by atoms with E-state index in [4.69, 9.17) is 9.99 Å². The second kappa shape index (κ2) is 9.15. The lowest BCUT2D eigenvalue weighted by Gasteiger charge is -2.12. The van der Waals surface area contributed by atoms with E-state index in [1.807, 2.05) is 13.8 Å². The number of unbranched alkanes of at least 4 members (excludes halogenated alkanes) is 2. The number of carbonyl (C=O) groups is 2. The minimum absolute atomic E-state index is 0.302. The van der Waals surface area contributed by atoms with Gasteiger partial charge in [0.05, 0.1) is 6.61 Å². The molecule has 0 radical (unpaired) electrons. The van der Waals surface area contributed by atoms with Crippen molar-refractivity contribution in [3.8, 4) is 0 Å². The van der Waals surface area contributed by atoms with Gasteiger partial charge in [-0.05, 0) is 12.8 Å². The van der Waals surface area contributed by atoms with E-state index in [9.17, 15) is 9.59 Å². The highest BCUT2D eigenvalue weighted by Gasteiger charge is 2.29. The lowest BCUT2D eigenvalue weighted by molar-refractivity contribution is -0.239. The van der Waals surface area contributed by atoms with Gasteiger partial charge in [0.1, 0.15) is 0 Å². The Balaban J connectivity index is 4.15. The van der Waals surface area contributed by atoms with Crippen LogP contribution in [-0.4, -0.2) is 23.8 Å². The topological polar surface area (TPSA) is 72.8 Å². The summed E-state index contributed by atoms with van der Waals surface area (Å²) in [5.41, 5.74) is 0.